The summed E-state index contributed by atoms with van der Waals surface area (Å²) >= 11 is 7.85. The quantitative estimate of drug-likeness (QED) is 0.699. The number of halogens is 1. The first-order valence-corrected chi connectivity index (χ1v) is 6.65. The lowest BCUT2D eigenvalue weighted by molar-refractivity contribution is 0.232. The Hall–Kier alpha value is 0.0900. The number of nitriles is 1. The van der Waals surface area contributed by atoms with Gasteiger partial charge in [-0.15, -0.1) is 11.6 Å². The molecule has 1 saturated heterocycles. The molecule has 80 valence electrons. The van der Waals surface area contributed by atoms with E-state index in [-0.39, 0.29) is 5.38 Å². The van der Waals surface area contributed by atoms with Crippen LogP contribution in [0.2, 0.25) is 0 Å². The molecule has 1 aliphatic heterocycles. The molecule has 1 heterocycles. The molecule has 2 unspecified atom stereocenters. The van der Waals surface area contributed by atoms with Crippen LogP contribution in [0.15, 0.2) is 0 Å². The highest BCUT2D eigenvalue weighted by molar-refractivity contribution is 7.99. The normalized spacial score (nSPS) is 25.4. The van der Waals surface area contributed by atoms with Crippen LogP contribution in [-0.2, 0) is 0 Å². The van der Waals surface area contributed by atoms with Gasteiger partial charge in [0.15, 0.2) is 0 Å². The monoisotopic (exact) mass is 232 g/mol. The Morgan fingerprint density at radius 1 is 1.57 bits per heavy atom. The molecule has 0 N–H and O–H groups in total. The molecule has 0 aliphatic carbocycles. The lowest BCUT2D eigenvalue weighted by Crippen LogP contribution is -2.35. The van der Waals surface area contributed by atoms with Gasteiger partial charge in [0.1, 0.15) is 5.38 Å². The van der Waals surface area contributed by atoms with Gasteiger partial charge >= 0.3 is 0 Å². The number of nitrogens with zero attached hydrogens (tertiary/aromatic N) is 2. The van der Waals surface area contributed by atoms with E-state index in [1.165, 1.54) is 30.8 Å². The zero-order chi connectivity index (χ0) is 10.4. The first-order valence-electron chi connectivity index (χ1n) is 5.05. The molecule has 1 rings (SSSR count). The molecule has 0 bridgehead atoms. The SMILES string of the molecule is CN(CC(Cl)C#N)C1CCCSCC1. The second kappa shape index (κ2) is 6.55. The van der Waals surface area contributed by atoms with Crippen molar-refractivity contribution in [1.82, 2.24) is 4.90 Å². The molecular weight excluding hydrogens is 216 g/mol. The van der Waals surface area contributed by atoms with Crippen molar-refractivity contribution in [3.05, 3.63) is 0 Å². The number of thioether (sulfide) groups is 1. The van der Waals surface area contributed by atoms with Crippen molar-refractivity contribution in [3.63, 3.8) is 0 Å². The van der Waals surface area contributed by atoms with Crippen molar-refractivity contribution >= 4 is 23.4 Å². The molecule has 2 atom stereocenters. The summed E-state index contributed by atoms with van der Waals surface area (Å²) in [5.41, 5.74) is 0. The van der Waals surface area contributed by atoms with Gasteiger partial charge in [0.2, 0.25) is 0 Å². The summed E-state index contributed by atoms with van der Waals surface area (Å²) in [6, 6.07) is 2.69. The van der Waals surface area contributed by atoms with E-state index in [4.69, 9.17) is 16.9 Å². The highest BCUT2D eigenvalue weighted by Gasteiger charge is 2.18. The molecule has 0 aromatic heterocycles. The van der Waals surface area contributed by atoms with Crippen LogP contribution in [0.3, 0.4) is 0 Å². The van der Waals surface area contributed by atoms with Gasteiger partial charge in [-0.05, 0) is 37.8 Å². The van der Waals surface area contributed by atoms with Crippen molar-refractivity contribution in [2.24, 2.45) is 0 Å². The Labute approximate surface area is 95.6 Å². The smallest absolute Gasteiger partial charge is 0.133 e. The molecule has 0 aromatic rings. The van der Waals surface area contributed by atoms with Crippen molar-refractivity contribution in [1.29, 1.82) is 5.26 Å². The van der Waals surface area contributed by atoms with Crippen LogP contribution in [0.4, 0.5) is 0 Å². The summed E-state index contributed by atoms with van der Waals surface area (Å²) in [5.74, 6) is 2.53. The van der Waals surface area contributed by atoms with Crippen molar-refractivity contribution in [3.8, 4) is 6.07 Å². The fourth-order valence-corrected chi connectivity index (χ4v) is 3.00. The van der Waals surface area contributed by atoms with Crippen molar-refractivity contribution in [2.75, 3.05) is 25.1 Å². The maximum absolute atomic E-state index is 8.62. The van der Waals surface area contributed by atoms with E-state index in [2.05, 4.69) is 18.0 Å². The zero-order valence-corrected chi connectivity index (χ0v) is 10.2. The molecule has 0 radical (unpaired) electrons. The molecule has 14 heavy (non-hydrogen) atoms. The summed E-state index contributed by atoms with van der Waals surface area (Å²) < 4.78 is 0. The molecular formula is C10H17ClN2S. The predicted molar refractivity (Wildman–Crippen MR) is 62.8 cm³/mol. The van der Waals surface area contributed by atoms with Crippen LogP contribution >= 0.6 is 23.4 Å². The Balaban J connectivity index is 2.34. The summed E-state index contributed by atoms with van der Waals surface area (Å²) in [6.07, 6.45) is 3.77. The average Bonchev–Trinajstić information content (AvgIpc) is 2.45. The molecule has 0 saturated carbocycles. The first-order chi connectivity index (χ1) is 6.74. The molecule has 1 fully saturated rings. The maximum Gasteiger partial charge on any atom is 0.133 e. The summed E-state index contributed by atoms with van der Waals surface area (Å²) in [4.78, 5) is 2.24. The van der Waals surface area contributed by atoms with Crippen LogP contribution in [0, 0.1) is 11.3 Å². The number of alkyl halides is 1. The van der Waals surface area contributed by atoms with Gasteiger partial charge in [-0.3, -0.25) is 0 Å². The second-order valence-electron chi connectivity index (χ2n) is 3.73. The maximum atomic E-state index is 8.62. The minimum atomic E-state index is -0.365. The van der Waals surface area contributed by atoms with Crippen LogP contribution < -0.4 is 0 Å². The fraction of sp³-hybridized carbons (Fsp3) is 0.900. The Morgan fingerprint density at radius 2 is 2.36 bits per heavy atom. The lowest BCUT2D eigenvalue weighted by atomic mass is 10.1. The van der Waals surface area contributed by atoms with Crippen molar-refractivity contribution in [2.45, 2.75) is 30.7 Å². The molecule has 0 spiro atoms. The Kier molecular flexibility index (Phi) is 5.69. The molecule has 2 nitrogen and oxygen atoms in total. The largest absolute Gasteiger partial charge is 0.301 e. The Morgan fingerprint density at radius 3 is 3.07 bits per heavy atom. The standard InChI is InChI=1S/C10H17ClN2S/c1-13(8-9(11)7-12)10-3-2-5-14-6-4-10/h9-10H,2-6,8H2,1H3. The second-order valence-corrected chi connectivity index (χ2v) is 5.48. The predicted octanol–water partition coefficient (Wildman–Crippen LogP) is 2.33. The fourth-order valence-electron chi connectivity index (χ4n) is 1.77. The summed E-state index contributed by atoms with van der Waals surface area (Å²) in [7, 11) is 2.08. The van der Waals surface area contributed by atoms with Gasteiger partial charge in [-0.2, -0.15) is 17.0 Å². The average molecular weight is 233 g/mol. The van der Waals surface area contributed by atoms with Crippen LogP contribution in [0.1, 0.15) is 19.3 Å². The topological polar surface area (TPSA) is 27.0 Å². The van der Waals surface area contributed by atoms with E-state index < -0.39 is 0 Å². The molecule has 4 heteroatoms. The van der Waals surface area contributed by atoms with Gasteiger partial charge in [0.25, 0.3) is 0 Å². The van der Waals surface area contributed by atoms with Crippen molar-refractivity contribution < 1.29 is 0 Å². The summed E-state index contributed by atoms with van der Waals surface area (Å²) in [5, 5.41) is 8.26. The summed E-state index contributed by atoms with van der Waals surface area (Å²) in [6.45, 7) is 0.688. The van der Waals surface area contributed by atoms with Gasteiger partial charge in [-0.25, -0.2) is 0 Å². The third kappa shape index (κ3) is 4.08. The zero-order valence-electron chi connectivity index (χ0n) is 8.58. The number of hydrogen-bond donors (Lipinski definition) is 0. The third-order valence-electron chi connectivity index (χ3n) is 2.63. The van der Waals surface area contributed by atoms with Crippen LogP contribution in [0.5, 0.6) is 0 Å². The van der Waals surface area contributed by atoms with E-state index in [1.54, 1.807) is 0 Å². The van der Waals surface area contributed by atoms with E-state index in [9.17, 15) is 0 Å². The minimum Gasteiger partial charge on any atom is -0.301 e. The molecule has 1 aliphatic rings. The first kappa shape index (κ1) is 12.2. The van der Waals surface area contributed by atoms with Gasteiger partial charge < -0.3 is 4.90 Å². The number of rotatable bonds is 3. The number of hydrogen-bond acceptors (Lipinski definition) is 3. The lowest BCUT2D eigenvalue weighted by Gasteiger charge is -2.26. The van der Waals surface area contributed by atoms with Gasteiger partial charge in [0.05, 0.1) is 6.07 Å². The van der Waals surface area contributed by atoms with E-state index >= 15 is 0 Å². The highest BCUT2D eigenvalue weighted by Crippen LogP contribution is 2.20. The van der Waals surface area contributed by atoms with E-state index in [0.29, 0.717) is 12.6 Å². The van der Waals surface area contributed by atoms with Gasteiger partial charge in [-0.1, -0.05) is 0 Å². The Bertz CT molecular complexity index is 197. The third-order valence-corrected chi connectivity index (χ3v) is 3.97. The molecule has 0 amide bonds. The van der Waals surface area contributed by atoms with Gasteiger partial charge in [0, 0.05) is 12.6 Å². The minimum absolute atomic E-state index is 0.365. The van der Waals surface area contributed by atoms with Crippen LogP contribution in [0.25, 0.3) is 0 Å². The van der Waals surface area contributed by atoms with E-state index in [1.807, 2.05) is 11.8 Å². The van der Waals surface area contributed by atoms with Crippen LogP contribution in [-0.4, -0.2) is 41.4 Å². The van der Waals surface area contributed by atoms with E-state index in [0.717, 1.165) is 0 Å². The highest BCUT2D eigenvalue weighted by atomic mass is 35.5. The molecule has 0 aromatic carbocycles.